The van der Waals surface area contributed by atoms with Gasteiger partial charge in [0.1, 0.15) is 12.3 Å². The van der Waals surface area contributed by atoms with Crippen molar-refractivity contribution in [2.24, 2.45) is 0 Å². The summed E-state index contributed by atoms with van der Waals surface area (Å²) in [5.74, 6) is 0.187. The summed E-state index contributed by atoms with van der Waals surface area (Å²) in [6.45, 7) is 10.9. The van der Waals surface area contributed by atoms with Gasteiger partial charge in [0, 0.05) is 44.0 Å². The minimum absolute atomic E-state index is 0.0490. The van der Waals surface area contributed by atoms with Gasteiger partial charge in [-0.3, -0.25) is 9.78 Å². The standard InChI is InChI=1S/C32H57N2O4/c1-7-8-9-10-11-12-13-14-15-16-17-18-19-21-30(35)36-23-20-22-34(5,6)25-28-24-33-27(2)31-29(28)26-37-32(3,4)38-31/h24H,7-23,25-26H2,1-6H3/q+1. The first-order valence-electron chi connectivity index (χ1n) is 15.4. The zero-order chi connectivity index (χ0) is 27.9. The van der Waals surface area contributed by atoms with Crippen LogP contribution in [0, 0.1) is 6.92 Å². The van der Waals surface area contributed by atoms with Crippen LogP contribution in [-0.4, -0.2) is 48.5 Å². The summed E-state index contributed by atoms with van der Waals surface area (Å²) in [6, 6.07) is 0. The predicted molar refractivity (Wildman–Crippen MR) is 155 cm³/mol. The maximum atomic E-state index is 12.1. The van der Waals surface area contributed by atoms with E-state index >= 15 is 0 Å². The molecule has 0 unspecified atom stereocenters. The lowest BCUT2D eigenvalue weighted by molar-refractivity contribution is -0.903. The molecule has 0 spiro atoms. The van der Waals surface area contributed by atoms with Crippen LogP contribution in [-0.2, 0) is 27.4 Å². The molecule has 1 aromatic rings. The van der Waals surface area contributed by atoms with Gasteiger partial charge in [-0.25, -0.2) is 0 Å². The lowest BCUT2D eigenvalue weighted by Gasteiger charge is -2.36. The van der Waals surface area contributed by atoms with Gasteiger partial charge in [0.2, 0.25) is 5.79 Å². The van der Waals surface area contributed by atoms with Gasteiger partial charge in [0.15, 0.2) is 0 Å². The Balaban J connectivity index is 1.52. The fourth-order valence-electron chi connectivity index (χ4n) is 5.20. The van der Waals surface area contributed by atoms with E-state index in [1.165, 1.54) is 70.6 Å². The highest BCUT2D eigenvalue weighted by atomic mass is 16.7. The zero-order valence-electron chi connectivity index (χ0n) is 25.5. The minimum atomic E-state index is -0.626. The maximum Gasteiger partial charge on any atom is 0.305 e. The van der Waals surface area contributed by atoms with Gasteiger partial charge < -0.3 is 18.7 Å². The van der Waals surface area contributed by atoms with E-state index in [1.54, 1.807) is 0 Å². The monoisotopic (exact) mass is 533 g/mol. The molecule has 1 aliphatic heterocycles. The third-order valence-corrected chi connectivity index (χ3v) is 7.57. The number of ether oxygens (including phenoxy) is 3. The number of hydrogen-bond acceptors (Lipinski definition) is 5. The molecule has 218 valence electrons. The Morgan fingerprint density at radius 2 is 1.53 bits per heavy atom. The molecule has 2 rings (SSSR count). The van der Waals surface area contributed by atoms with Crippen molar-refractivity contribution < 1.29 is 23.5 Å². The van der Waals surface area contributed by atoms with Crippen molar-refractivity contribution >= 4 is 5.97 Å². The highest BCUT2D eigenvalue weighted by Crippen LogP contribution is 2.35. The van der Waals surface area contributed by atoms with Crippen LogP contribution in [0.15, 0.2) is 6.20 Å². The molecule has 0 aromatic carbocycles. The zero-order valence-corrected chi connectivity index (χ0v) is 25.5. The number of nitrogens with zero attached hydrogens (tertiary/aromatic N) is 2. The Kier molecular flexibility index (Phi) is 14.7. The van der Waals surface area contributed by atoms with Crippen molar-refractivity contribution in [1.82, 2.24) is 4.98 Å². The van der Waals surface area contributed by atoms with Crippen LogP contribution in [0.25, 0.3) is 0 Å². The lowest BCUT2D eigenvalue weighted by Crippen LogP contribution is -2.41. The van der Waals surface area contributed by atoms with Crippen LogP contribution in [0.4, 0.5) is 0 Å². The van der Waals surface area contributed by atoms with E-state index in [0.29, 0.717) is 19.6 Å². The molecular formula is C32H57N2O4+. The molecule has 38 heavy (non-hydrogen) atoms. The number of carbonyl (C=O) groups is 1. The molecule has 2 heterocycles. The number of fused-ring (bicyclic) bond motifs is 1. The molecule has 1 aliphatic rings. The summed E-state index contributed by atoms with van der Waals surface area (Å²) in [6.07, 6.45) is 20.4. The van der Waals surface area contributed by atoms with E-state index < -0.39 is 5.79 Å². The van der Waals surface area contributed by atoms with Crippen LogP contribution in [0.1, 0.15) is 134 Å². The van der Waals surface area contributed by atoms with E-state index in [-0.39, 0.29) is 5.97 Å². The highest BCUT2D eigenvalue weighted by molar-refractivity contribution is 5.69. The number of pyridine rings is 1. The van der Waals surface area contributed by atoms with Crippen LogP contribution >= 0.6 is 0 Å². The Labute approximate surface area is 233 Å². The summed E-state index contributed by atoms with van der Waals surface area (Å²) >= 11 is 0. The molecule has 6 nitrogen and oxygen atoms in total. The second kappa shape index (κ2) is 17.1. The highest BCUT2D eigenvalue weighted by Gasteiger charge is 2.32. The number of carbonyl (C=O) groups excluding carboxylic acids is 1. The second-order valence-corrected chi connectivity index (χ2v) is 12.4. The van der Waals surface area contributed by atoms with E-state index in [9.17, 15) is 4.79 Å². The van der Waals surface area contributed by atoms with Gasteiger partial charge in [0.05, 0.1) is 39.5 Å². The van der Waals surface area contributed by atoms with Crippen molar-refractivity contribution in [3.8, 4) is 5.75 Å². The molecule has 0 saturated carbocycles. The molecule has 0 N–H and O–H groups in total. The number of esters is 1. The van der Waals surface area contributed by atoms with Gasteiger partial charge in [0.25, 0.3) is 0 Å². The summed E-state index contributed by atoms with van der Waals surface area (Å²) in [7, 11) is 4.41. The molecular weight excluding hydrogens is 476 g/mol. The fraction of sp³-hybridized carbons (Fsp3) is 0.812. The van der Waals surface area contributed by atoms with Gasteiger partial charge in [-0.2, -0.15) is 0 Å². The summed E-state index contributed by atoms with van der Waals surface area (Å²) in [5.41, 5.74) is 3.17. The number of rotatable bonds is 20. The number of aromatic nitrogens is 1. The summed E-state index contributed by atoms with van der Waals surface area (Å²) in [4.78, 5) is 16.7. The number of aryl methyl sites for hydroxylation is 1. The Hall–Kier alpha value is -1.66. The van der Waals surface area contributed by atoms with Crippen LogP contribution in [0.5, 0.6) is 5.75 Å². The molecule has 0 amide bonds. The summed E-state index contributed by atoms with van der Waals surface area (Å²) in [5, 5.41) is 0. The van der Waals surface area contributed by atoms with Gasteiger partial charge >= 0.3 is 5.97 Å². The molecule has 0 saturated heterocycles. The molecule has 6 heteroatoms. The van der Waals surface area contributed by atoms with E-state index in [0.717, 1.165) is 59.4 Å². The molecule has 0 fully saturated rings. The Morgan fingerprint density at radius 3 is 2.13 bits per heavy atom. The fourth-order valence-corrected chi connectivity index (χ4v) is 5.20. The Morgan fingerprint density at radius 1 is 0.947 bits per heavy atom. The quantitative estimate of drug-likeness (QED) is 0.0964. The van der Waals surface area contributed by atoms with Gasteiger partial charge in [-0.15, -0.1) is 0 Å². The smallest absolute Gasteiger partial charge is 0.305 e. The third kappa shape index (κ3) is 12.9. The van der Waals surface area contributed by atoms with Crippen molar-refractivity contribution in [3.05, 3.63) is 23.0 Å². The van der Waals surface area contributed by atoms with Crippen molar-refractivity contribution in [2.45, 2.75) is 143 Å². The van der Waals surface area contributed by atoms with Gasteiger partial charge in [-0.05, 0) is 13.3 Å². The minimum Gasteiger partial charge on any atom is -0.465 e. The van der Waals surface area contributed by atoms with E-state index in [4.69, 9.17) is 14.2 Å². The first-order chi connectivity index (χ1) is 18.1. The van der Waals surface area contributed by atoms with Crippen LogP contribution in [0.2, 0.25) is 0 Å². The summed E-state index contributed by atoms with van der Waals surface area (Å²) < 4.78 is 18.3. The molecule has 0 aliphatic carbocycles. The first kappa shape index (κ1) is 32.6. The molecule has 0 radical (unpaired) electrons. The van der Waals surface area contributed by atoms with Gasteiger partial charge in [-0.1, -0.05) is 84.0 Å². The van der Waals surface area contributed by atoms with E-state index in [1.807, 2.05) is 27.0 Å². The maximum absolute atomic E-state index is 12.1. The first-order valence-corrected chi connectivity index (χ1v) is 15.4. The number of quaternary nitrogens is 1. The van der Waals surface area contributed by atoms with Crippen LogP contribution in [0.3, 0.4) is 0 Å². The normalized spacial score (nSPS) is 14.7. The topological polar surface area (TPSA) is 57.7 Å². The number of unbranched alkanes of at least 4 members (excludes halogenated alkanes) is 12. The van der Waals surface area contributed by atoms with E-state index in [2.05, 4.69) is 26.0 Å². The lowest BCUT2D eigenvalue weighted by atomic mass is 10.0. The Bertz CT molecular complexity index is 822. The van der Waals surface area contributed by atoms with Crippen molar-refractivity contribution in [2.75, 3.05) is 27.2 Å². The van der Waals surface area contributed by atoms with Crippen molar-refractivity contribution in [1.29, 1.82) is 0 Å². The van der Waals surface area contributed by atoms with Crippen molar-refractivity contribution in [3.63, 3.8) is 0 Å². The molecule has 0 atom stereocenters. The third-order valence-electron chi connectivity index (χ3n) is 7.57. The van der Waals surface area contributed by atoms with Crippen LogP contribution < -0.4 is 4.74 Å². The predicted octanol–water partition coefficient (Wildman–Crippen LogP) is 8.03. The average molecular weight is 534 g/mol. The SMILES string of the molecule is CCCCCCCCCCCCCCCC(=O)OCCC[N+](C)(C)Cc1cnc(C)c2c1COC(C)(C)O2. The molecule has 1 aromatic heterocycles. The average Bonchev–Trinajstić information content (AvgIpc) is 2.86. The number of hydrogen-bond donors (Lipinski definition) is 0. The molecule has 0 bridgehead atoms. The largest absolute Gasteiger partial charge is 0.465 e. The second-order valence-electron chi connectivity index (χ2n) is 12.4.